The maximum atomic E-state index is 5.33. The fourth-order valence-corrected chi connectivity index (χ4v) is 1.87. The topological polar surface area (TPSA) is 35.0 Å². The quantitative estimate of drug-likeness (QED) is 0.846. The summed E-state index contributed by atoms with van der Waals surface area (Å²) in [6.45, 7) is 2.01. The normalized spacial score (nSPS) is 10.2. The van der Waals surface area contributed by atoms with Gasteiger partial charge in [-0.2, -0.15) is 0 Å². The second-order valence-electron chi connectivity index (χ2n) is 3.32. The lowest BCUT2D eigenvalue weighted by molar-refractivity contribution is 0.415. The second kappa shape index (κ2) is 4.61. The van der Waals surface area contributed by atoms with E-state index in [1.807, 2.05) is 19.1 Å². The molecular weight excluding hydrogens is 268 g/mol. The highest BCUT2D eigenvalue weighted by Crippen LogP contribution is 2.34. The summed E-state index contributed by atoms with van der Waals surface area (Å²) in [5, 5.41) is 0. The van der Waals surface area contributed by atoms with Gasteiger partial charge < -0.3 is 4.74 Å². The van der Waals surface area contributed by atoms with Gasteiger partial charge in [-0.15, -0.1) is 0 Å². The van der Waals surface area contributed by atoms with Crippen molar-refractivity contribution >= 4 is 15.9 Å². The maximum absolute atomic E-state index is 5.33. The van der Waals surface area contributed by atoms with Gasteiger partial charge in [-0.3, -0.25) is 0 Å². The Labute approximate surface area is 103 Å². The van der Waals surface area contributed by atoms with Gasteiger partial charge in [-0.25, -0.2) is 9.97 Å². The van der Waals surface area contributed by atoms with Crippen molar-refractivity contribution in [1.82, 2.24) is 9.97 Å². The van der Waals surface area contributed by atoms with Gasteiger partial charge in [0.2, 0.25) is 0 Å². The molecule has 1 aromatic carbocycles. The van der Waals surface area contributed by atoms with E-state index in [9.17, 15) is 0 Å². The summed E-state index contributed by atoms with van der Waals surface area (Å²) in [5.74, 6) is 1.46. The highest BCUT2D eigenvalue weighted by molar-refractivity contribution is 9.10. The third-order valence-electron chi connectivity index (χ3n) is 2.37. The van der Waals surface area contributed by atoms with Crippen LogP contribution in [0.15, 0.2) is 35.1 Å². The Morgan fingerprint density at radius 2 is 1.88 bits per heavy atom. The van der Waals surface area contributed by atoms with E-state index in [-0.39, 0.29) is 0 Å². The van der Waals surface area contributed by atoms with E-state index in [2.05, 4.69) is 25.9 Å². The molecule has 0 unspecified atom stereocenters. The molecule has 82 valence electrons. The van der Waals surface area contributed by atoms with Gasteiger partial charge >= 0.3 is 0 Å². The smallest absolute Gasteiger partial charge is 0.163 e. The molecule has 1 aromatic heterocycles. The number of ether oxygens (including phenoxy) is 1. The molecule has 0 bridgehead atoms. The number of methoxy groups -OCH3 is 1. The molecule has 0 radical (unpaired) electrons. The van der Waals surface area contributed by atoms with Crippen LogP contribution in [0.4, 0.5) is 0 Å². The van der Waals surface area contributed by atoms with Gasteiger partial charge in [0.1, 0.15) is 5.75 Å². The van der Waals surface area contributed by atoms with Gasteiger partial charge in [-0.05, 0) is 30.7 Å². The fraction of sp³-hybridized carbons (Fsp3) is 0.167. The maximum Gasteiger partial charge on any atom is 0.163 e. The first-order chi connectivity index (χ1) is 7.74. The Morgan fingerprint density at radius 3 is 2.50 bits per heavy atom. The third-order valence-corrected chi connectivity index (χ3v) is 3.23. The van der Waals surface area contributed by atoms with Gasteiger partial charge in [0.15, 0.2) is 5.82 Å². The summed E-state index contributed by atoms with van der Waals surface area (Å²) in [7, 11) is 1.65. The lowest BCUT2D eigenvalue weighted by atomic mass is 10.1. The second-order valence-corrected chi connectivity index (χ2v) is 4.18. The van der Waals surface area contributed by atoms with E-state index in [0.29, 0.717) is 5.82 Å². The minimum Gasteiger partial charge on any atom is -0.496 e. The third kappa shape index (κ3) is 1.93. The zero-order valence-corrected chi connectivity index (χ0v) is 10.7. The number of hydrogen-bond donors (Lipinski definition) is 0. The summed E-state index contributed by atoms with van der Waals surface area (Å²) in [5.41, 5.74) is 2.00. The number of halogens is 1. The van der Waals surface area contributed by atoms with Crippen LogP contribution in [0.2, 0.25) is 0 Å². The van der Waals surface area contributed by atoms with Crippen molar-refractivity contribution in [3.05, 3.63) is 40.6 Å². The van der Waals surface area contributed by atoms with E-state index in [4.69, 9.17) is 4.74 Å². The van der Waals surface area contributed by atoms with Crippen LogP contribution in [0.1, 0.15) is 5.56 Å². The van der Waals surface area contributed by atoms with Crippen molar-refractivity contribution in [1.29, 1.82) is 0 Å². The molecule has 0 fully saturated rings. The molecule has 0 aliphatic carbocycles. The summed E-state index contributed by atoms with van der Waals surface area (Å²) < 4.78 is 6.36. The van der Waals surface area contributed by atoms with Crippen LogP contribution < -0.4 is 4.74 Å². The molecule has 16 heavy (non-hydrogen) atoms. The van der Waals surface area contributed by atoms with Crippen molar-refractivity contribution in [2.24, 2.45) is 0 Å². The van der Waals surface area contributed by atoms with E-state index in [0.717, 1.165) is 21.3 Å². The first kappa shape index (κ1) is 11.1. The number of aromatic nitrogens is 2. The SMILES string of the molecule is COc1ccc(Br)c(C)c1-c1ncccn1. The molecule has 2 aromatic rings. The molecule has 0 atom stereocenters. The largest absolute Gasteiger partial charge is 0.496 e. The van der Waals surface area contributed by atoms with Gasteiger partial charge in [0, 0.05) is 16.9 Å². The standard InChI is InChI=1S/C12H11BrN2O/c1-8-9(13)4-5-10(16-2)11(8)12-14-6-3-7-15-12/h3-7H,1-2H3. The Morgan fingerprint density at radius 1 is 1.19 bits per heavy atom. The molecule has 3 nitrogen and oxygen atoms in total. The average Bonchev–Trinajstić information content (AvgIpc) is 2.33. The van der Waals surface area contributed by atoms with Crippen LogP contribution in [0.5, 0.6) is 5.75 Å². The minimum atomic E-state index is 0.679. The van der Waals surface area contributed by atoms with Crippen LogP contribution in [0.3, 0.4) is 0 Å². The number of benzene rings is 1. The van der Waals surface area contributed by atoms with Crippen LogP contribution in [-0.4, -0.2) is 17.1 Å². The highest BCUT2D eigenvalue weighted by atomic mass is 79.9. The van der Waals surface area contributed by atoms with Crippen LogP contribution >= 0.6 is 15.9 Å². The van der Waals surface area contributed by atoms with Gasteiger partial charge in [0.05, 0.1) is 12.7 Å². The number of rotatable bonds is 2. The predicted molar refractivity (Wildman–Crippen MR) is 66.5 cm³/mol. The summed E-state index contributed by atoms with van der Waals surface area (Å²) in [4.78, 5) is 8.50. The van der Waals surface area contributed by atoms with Gasteiger partial charge in [-0.1, -0.05) is 15.9 Å². The summed E-state index contributed by atoms with van der Waals surface area (Å²) in [6, 6.07) is 5.66. The predicted octanol–water partition coefficient (Wildman–Crippen LogP) is 3.22. The van der Waals surface area contributed by atoms with Crippen LogP contribution in [-0.2, 0) is 0 Å². The zero-order valence-electron chi connectivity index (χ0n) is 9.07. The molecule has 0 spiro atoms. The number of hydrogen-bond acceptors (Lipinski definition) is 3. The lowest BCUT2D eigenvalue weighted by Crippen LogP contribution is -1.95. The lowest BCUT2D eigenvalue weighted by Gasteiger charge is -2.11. The first-order valence-electron chi connectivity index (χ1n) is 4.84. The Bertz CT molecular complexity index is 500. The van der Waals surface area contributed by atoms with E-state index in [1.54, 1.807) is 25.6 Å². The van der Waals surface area contributed by atoms with Gasteiger partial charge in [0.25, 0.3) is 0 Å². The molecule has 0 aliphatic heterocycles. The zero-order chi connectivity index (χ0) is 11.5. The highest BCUT2D eigenvalue weighted by Gasteiger charge is 2.13. The molecular formula is C12H11BrN2O. The van der Waals surface area contributed by atoms with Crippen molar-refractivity contribution in [3.63, 3.8) is 0 Å². The Kier molecular flexibility index (Phi) is 3.19. The minimum absolute atomic E-state index is 0.679. The van der Waals surface area contributed by atoms with E-state index >= 15 is 0 Å². The van der Waals surface area contributed by atoms with Crippen molar-refractivity contribution in [2.75, 3.05) is 7.11 Å². The molecule has 0 saturated carbocycles. The monoisotopic (exact) mass is 278 g/mol. The summed E-state index contributed by atoms with van der Waals surface area (Å²) in [6.07, 6.45) is 3.45. The summed E-state index contributed by atoms with van der Waals surface area (Å²) >= 11 is 3.50. The molecule has 4 heteroatoms. The van der Waals surface area contributed by atoms with Crippen molar-refractivity contribution in [3.8, 4) is 17.1 Å². The first-order valence-corrected chi connectivity index (χ1v) is 5.64. The van der Waals surface area contributed by atoms with Crippen molar-refractivity contribution in [2.45, 2.75) is 6.92 Å². The van der Waals surface area contributed by atoms with Crippen LogP contribution in [0, 0.1) is 6.92 Å². The molecule has 0 aliphatic rings. The number of nitrogens with zero attached hydrogens (tertiary/aromatic N) is 2. The fourth-order valence-electron chi connectivity index (χ4n) is 1.54. The average molecular weight is 279 g/mol. The van der Waals surface area contributed by atoms with Crippen LogP contribution in [0.25, 0.3) is 11.4 Å². The molecule has 2 rings (SSSR count). The molecule has 0 amide bonds. The van der Waals surface area contributed by atoms with Crippen molar-refractivity contribution < 1.29 is 4.74 Å². The van der Waals surface area contributed by atoms with E-state index in [1.165, 1.54) is 0 Å². The Hall–Kier alpha value is -1.42. The Balaban J connectivity index is 2.67. The van der Waals surface area contributed by atoms with E-state index < -0.39 is 0 Å². The molecule has 0 N–H and O–H groups in total. The molecule has 0 saturated heterocycles. The molecule has 1 heterocycles.